The molecule has 2 amide bonds. The molecule has 3 N–H and O–H groups in total. The first-order valence-corrected chi connectivity index (χ1v) is 10.1. The van der Waals surface area contributed by atoms with Crippen molar-refractivity contribution in [1.82, 2.24) is 20.9 Å². The standard InChI is InChI=1S/C22H25F2N5O2/c1-2-25-22(28-13-17-11-18(23)7-8-19(17)24)27-12-15-3-5-16(6-4-15)21(31)29-10-9-26-20(30)14-29/h3-8,11H,2,9-10,12-14H2,1H3,(H,26,30)(H2,25,27,28). The Balaban J connectivity index is 1.60. The number of hydrogen-bond acceptors (Lipinski definition) is 3. The minimum absolute atomic E-state index is 0.0640. The predicted molar refractivity (Wildman–Crippen MR) is 113 cm³/mol. The van der Waals surface area contributed by atoms with Crippen LogP contribution < -0.4 is 16.0 Å². The summed E-state index contributed by atoms with van der Waals surface area (Å²) in [5.74, 6) is -0.869. The van der Waals surface area contributed by atoms with Gasteiger partial charge in [0.25, 0.3) is 5.91 Å². The average Bonchev–Trinajstić information content (AvgIpc) is 2.77. The first-order chi connectivity index (χ1) is 15.0. The average molecular weight is 429 g/mol. The van der Waals surface area contributed by atoms with E-state index < -0.39 is 11.6 Å². The van der Waals surface area contributed by atoms with E-state index in [-0.39, 0.29) is 30.5 Å². The summed E-state index contributed by atoms with van der Waals surface area (Å²) in [6, 6.07) is 10.3. The molecular formula is C22H25F2N5O2. The van der Waals surface area contributed by atoms with Crippen LogP contribution in [-0.2, 0) is 17.9 Å². The Bertz CT molecular complexity index is 963. The molecule has 1 saturated heterocycles. The van der Waals surface area contributed by atoms with E-state index in [1.165, 1.54) is 4.90 Å². The monoisotopic (exact) mass is 429 g/mol. The SMILES string of the molecule is CCNC(=NCc1ccc(C(=O)N2CCNC(=O)C2)cc1)NCc1cc(F)ccc1F. The lowest BCUT2D eigenvalue weighted by atomic mass is 10.1. The van der Waals surface area contributed by atoms with E-state index in [2.05, 4.69) is 20.9 Å². The number of benzene rings is 2. The maximum atomic E-state index is 13.8. The summed E-state index contributed by atoms with van der Waals surface area (Å²) in [5, 5.41) is 8.74. The van der Waals surface area contributed by atoms with E-state index in [1.54, 1.807) is 24.3 Å². The third kappa shape index (κ3) is 6.24. The van der Waals surface area contributed by atoms with E-state index in [0.29, 0.717) is 37.7 Å². The molecule has 31 heavy (non-hydrogen) atoms. The molecule has 0 bridgehead atoms. The first-order valence-electron chi connectivity index (χ1n) is 10.1. The van der Waals surface area contributed by atoms with Crippen LogP contribution in [0, 0.1) is 11.6 Å². The second-order valence-electron chi connectivity index (χ2n) is 7.06. The lowest BCUT2D eigenvalue weighted by molar-refractivity contribution is -0.123. The van der Waals surface area contributed by atoms with Crippen LogP contribution in [0.25, 0.3) is 0 Å². The molecule has 2 aromatic rings. The highest BCUT2D eigenvalue weighted by atomic mass is 19.1. The van der Waals surface area contributed by atoms with Crippen molar-refractivity contribution < 1.29 is 18.4 Å². The second-order valence-corrected chi connectivity index (χ2v) is 7.06. The van der Waals surface area contributed by atoms with Gasteiger partial charge in [-0.15, -0.1) is 0 Å². The van der Waals surface area contributed by atoms with Crippen LogP contribution in [0.5, 0.6) is 0 Å². The number of halogens is 2. The summed E-state index contributed by atoms with van der Waals surface area (Å²) < 4.78 is 27.1. The molecule has 0 atom stereocenters. The molecule has 1 aliphatic rings. The number of amides is 2. The Morgan fingerprint density at radius 2 is 1.94 bits per heavy atom. The molecule has 0 radical (unpaired) electrons. The van der Waals surface area contributed by atoms with Crippen LogP contribution in [0.15, 0.2) is 47.5 Å². The lowest BCUT2D eigenvalue weighted by Gasteiger charge is -2.26. The van der Waals surface area contributed by atoms with E-state index in [4.69, 9.17) is 0 Å². The molecule has 0 aliphatic carbocycles. The Morgan fingerprint density at radius 3 is 2.65 bits per heavy atom. The number of rotatable bonds is 6. The minimum atomic E-state index is -0.500. The smallest absolute Gasteiger partial charge is 0.254 e. The van der Waals surface area contributed by atoms with E-state index in [9.17, 15) is 18.4 Å². The Labute approximate surface area is 179 Å². The third-order valence-corrected chi connectivity index (χ3v) is 4.74. The van der Waals surface area contributed by atoms with Gasteiger partial charge in [0.2, 0.25) is 5.91 Å². The largest absolute Gasteiger partial charge is 0.357 e. The highest BCUT2D eigenvalue weighted by Crippen LogP contribution is 2.11. The Morgan fingerprint density at radius 1 is 1.16 bits per heavy atom. The zero-order valence-electron chi connectivity index (χ0n) is 17.3. The molecule has 9 heteroatoms. The van der Waals surface area contributed by atoms with Crippen molar-refractivity contribution in [1.29, 1.82) is 0 Å². The van der Waals surface area contributed by atoms with E-state index in [0.717, 1.165) is 23.8 Å². The van der Waals surface area contributed by atoms with Gasteiger partial charge in [-0.05, 0) is 42.8 Å². The quantitative estimate of drug-likeness (QED) is 0.483. The number of piperazine rings is 1. The van der Waals surface area contributed by atoms with E-state index in [1.807, 2.05) is 6.92 Å². The van der Waals surface area contributed by atoms with Crippen LogP contribution in [-0.4, -0.2) is 48.9 Å². The molecule has 1 heterocycles. The van der Waals surface area contributed by atoms with Crippen molar-refractivity contribution in [3.63, 3.8) is 0 Å². The molecule has 0 saturated carbocycles. The summed E-state index contributed by atoms with van der Waals surface area (Å²) in [5.41, 5.74) is 1.59. The van der Waals surface area contributed by atoms with Crippen LogP contribution in [0.4, 0.5) is 8.78 Å². The van der Waals surface area contributed by atoms with Gasteiger partial charge in [-0.2, -0.15) is 0 Å². The fourth-order valence-electron chi connectivity index (χ4n) is 3.12. The van der Waals surface area contributed by atoms with Gasteiger partial charge in [-0.3, -0.25) is 9.59 Å². The van der Waals surface area contributed by atoms with Crippen LogP contribution >= 0.6 is 0 Å². The van der Waals surface area contributed by atoms with Gasteiger partial charge in [-0.25, -0.2) is 13.8 Å². The van der Waals surface area contributed by atoms with Gasteiger partial charge in [0.1, 0.15) is 11.6 Å². The molecule has 1 aliphatic heterocycles. The summed E-state index contributed by atoms with van der Waals surface area (Å²) in [4.78, 5) is 30.0. The van der Waals surface area contributed by atoms with Gasteiger partial charge in [0.15, 0.2) is 5.96 Å². The summed E-state index contributed by atoms with van der Waals surface area (Å²) >= 11 is 0. The summed E-state index contributed by atoms with van der Waals surface area (Å²) in [7, 11) is 0. The van der Waals surface area contributed by atoms with Crippen molar-refractivity contribution in [2.75, 3.05) is 26.2 Å². The summed E-state index contributed by atoms with van der Waals surface area (Å²) in [6.07, 6.45) is 0. The fraction of sp³-hybridized carbons (Fsp3) is 0.318. The molecule has 7 nitrogen and oxygen atoms in total. The Kier molecular flexibility index (Phi) is 7.53. The first kappa shape index (κ1) is 22.2. The predicted octanol–water partition coefficient (Wildman–Crippen LogP) is 1.79. The lowest BCUT2D eigenvalue weighted by Crippen LogP contribution is -2.49. The molecule has 1 fully saturated rings. The molecule has 0 unspecified atom stereocenters. The zero-order valence-corrected chi connectivity index (χ0v) is 17.3. The molecule has 3 rings (SSSR count). The minimum Gasteiger partial charge on any atom is -0.357 e. The fourth-order valence-corrected chi connectivity index (χ4v) is 3.12. The third-order valence-electron chi connectivity index (χ3n) is 4.74. The number of hydrogen-bond donors (Lipinski definition) is 3. The molecule has 2 aromatic carbocycles. The number of guanidine groups is 1. The number of aliphatic imine (C=N–C) groups is 1. The highest BCUT2D eigenvalue weighted by Gasteiger charge is 2.22. The van der Waals surface area contributed by atoms with Crippen LogP contribution in [0.2, 0.25) is 0 Å². The molecule has 164 valence electrons. The molecular weight excluding hydrogens is 404 g/mol. The Hall–Kier alpha value is -3.49. The molecule has 0 aromatic heterocycles. The molecule has 0 spiro atoms. The van der Waals surface area contributed by atoms with Gasteiger partial charge < -0.3 is 20.9 Å². The zero-order chi connectivity index (χ0) is 22.2. The second kappa shape index (κ2) is 10.5. The van der Waals surface area contributed by atoms with Crippen molar-refractivity contribution in [2.24, 2.45) is 4.99 Å². The normalized spacial score (nSPS) is 14.2. The number of nitrogens with zero attached hydrogens (tertiary/aromatic N) is 2. The maximum Gasteiger partial charge on any atom is 0.254 e. The topological polar surface area (TPSA) is 85.8 Å². The van der Waals surface area contributed by atoms with Gasteiger partial charge in [0, 0.05) is 37.3 Å². The number of nitrogens with one attached hydrogen (secondary N) is 3. The van der Waals surface area contributed by atoms with Crippen LogP contribution in [0.1, 0.15) is 28.4 Å². The number of carbonyl (C=O) groups excluding carboxylic acids is 2. The highest BCUT2D eigenvalue weighted by molar-refractivity contribution is 5.97. The van der Waals surface area contributed by atoms with Gasteiger partial charge in [0.05, 0.1) is 13.1 Å². The van der Waals surface area contributed by atoms with Crippen molar-refractivity contribution in [3.05, 3.63) is 70.8 Å². The van der Waals surface area contributed by atoms with Gasteiger partial charge >= 0.3 is 0 Å². The summed E-state index contributed by atoms with van der Waals surface area (Å²) in [6.45, 7) is 3.94. The van der Waals surface area contributed by atoms with Crippen molar-refractivity contribution >= 4 is 17.8 Å². The number of carbonyl (C=O) groups is 2. The van der Waals surface area contributed by atoms with E-state index >= 15 is 0 Å². The van der Waals surface area contributed by atoms with Crippen molar-refractivity contribution in [2.45, 2.75) is 20.0 Å². The van der Waals surface area contributed by atoms with Gasteiger partial charge in [-0.1, -0.05) is 12.1 Å². The maximum absolute atomic E-state index is 13.8. The van der Waals surface area contributed by atoms with Crippen molar-refractivity contribution in [3.8, 4) is 0 Å². The van der Waals surface area contributed by atoms with Crippen LogP contribution in [0.3, 0.4) is 0 Å².